The Bertz CT molecular complexity index is 1770. The van der Waals surface area contributed by atoms with Gasteiger partial charge < -0.3 is 22.1 Å². The van der Waals surface area contributed by atoms with E-state index in [0.29, 0.717) is 17.2 Å². The second-order valence-corrected chi connectivity index (χ2v) is 9.78. The van der Waals surface area contributed by atoms with Crippen LogP contribution < -0.4 is 22.1 Å². The van der Waals surface area contributed by atoms with Crippen LogP contribution >= 0.6 is 0 Å². The van der Waals surface area contributed by atoms with Crippen LogP contribution in [-0.2, 0) is 0 Å². The number of carbonyl (C=O) groups is 1. The Morgan fingerprint density at radius 2 is 1.90 bits per heavy atom. The molecule has 0 spiro atoms. The molecule has 0 fully saturated rings. The molecule has 1 aliphatic carbocycles. The lowest BCUT2D eigenvalue weighted by Crippen LogP contribution is -2.21. The average Bonchev–Trinajstić information content (AvgIpc) is 3.27. The van der Waals surface area contributed by atoms with Crippen molar-refractivity contribution in [3.8, 4) is 11.3 Å². The Hall–Kier alpha value is -4.76. The van der Waals surface area contributed by atoms with Gasteiger partial charge in [-0.25, -0.2) is 19.2 Å². The van der Waals surface area contributed by atoms with E-state index in [-0.39, 0.29) is 6.04 Å². The molecule has 6 rings (SSSR count). The molecule has 0 saturated heterocycles. The highest BCUT2D eigenvalue weighted by Crippen LogP contribution is 2.38. The first-order valence-electron chi connectivity index (χ1n) is 12.8. The molecule has 1 unspecified atom stereocenters. The molecule has 9 heteroatoms. The smallest absolute Gasteiger partial charge is 0.323 e. The van der Waals surface area contributed by atoms with Crippen molar-refractivity contribution < 1.29 is 9.18 Å². The van der Waals surface area contributed by atoms with E-state index < -0.39 is 11.8 Å². The van der Waals surface area contributed by atoms with Crippen molar-refractivity contribution >= 4 is 45.1 Å². The van der Waals surface area contributed by atoms with Crippen LogP contribution in [0.4, 0.5) is 26.4 Å². The first-order valence-corrected chi connectivity index (χ1v) is 12.8. The Morgan fingerprint density at radius 1 is 1.08 bits per heavy atom. The van der Waals surface area contributed by atoms with Crippen LogP contribution in [0.5, 0.6) is 0 Å². The number of hydrogen-bond donors (Lipinski definition) is 4. The van der Waals surface area contributed by atoms with Crippen molar-refractivity contribution in [1.82, 2.24) is 14.4 Å². The van der Waals surface area contributed by atoms with Crippen molar-refractivity contribution in [3.05, 3.63) is 90.3 Å². The van der Waals surface area contributed by atoms with Crippen LogP contribution in [-0.4, -0.2) is 26.4 Å². The molecular formula is C30H28FN7O. The zero-order valence-electron chi connectivity index (χ0n) is 21.4. The Balaban J connectivity index is 1.42. The molecule has 1 aliphatic rings. The van der Waals surface area contributed by atoms with Gasteiger partial charge in [-0.3, -0.25) is 4.40 Å². The van der Waals surface area contributed by atoms with Gasteiger partial charge in [0.05, 0.1) is 17.6 Å². The average molecular weight is 522 g/mol. The summed E-state index contributed by atoms with van der Waals surface area (Å²) < 4.78 is 15.6. The van der Waals surface area contributed by atoms with Gasteiger partial charge in [-0.05, 0) is 61.4 Å². The lowest BCUT2D eigenvalue weighted by Gasteiger charge is -2.20. The third-order valence-corrected chi connectivity index (χ3v) is 7.14. The molecule has 1 atom stereocenters. The quantitative estimate of drug-likeness (QED) is 0.227. The summed E-state index contributed by atoms with van der Waals surface area (Å²) in [6, 6.07) is 17.0. The summed E-state index contributed by atoms with van der Waals surface area (Å²) in [6.45, 7) is 1.96. The molecule has 196 valence electrons. The predicted molar refractivity (Wildman–Crippen MR) is 154 cm³/mol. The Morgan fingerprint density at radius 3 is 2.67 bits per heavy atom. The number of urea groups is 1. The normalized spacial score (nSPS) is 15.4. The van der Waals surface area contributed by atoms with Gasteiger partial charge in [-0.15, -0.1) is 0 Å². The number of rotatable bonds is 4. The number of aromatic nitrogens is 3. The number of halogens is 1. The van der Waals surface area contributed by atoms with E-state index in [1.807, 2.05) is 49.5 Å². The molecule has 0 radical (unpaired) electrons. The number of hydrogen-bond acceptors (Lipinski definition) is 5. The molecule has 0 bridgehead atoms. The maximum atomic E-state index is 13.5. The first kappa shape index (κ1) is 24.6. The van der Waals surface area contributed by atoms with Gasteiger partial charge >= 0.3 is 6.03 Å². The second-order valence-electron chi connectivity index (χ2n) is 9.78. The van der Waals surface area contributed by atoms with E-state index in [4.69, 9.17) is 16.5 Å². The van der Waals surface area contributed by atoms with Crippen molar-refractivity contribution in [2.24, 2.45) is 5.73 Å². The highest BCUT2D eigenvalue weighted by molar-refractivity contribution is 6.11. The molecule has 3 aromatic carbocycles. The van der Waals surface area contributed by atoms with Gasteiger partial charge in [-0.2, -0.15) is 0 Å². The summed E-state index contributed by atoms with van der Waals surface area (Å²) in [5.74, 6) is 0.773. The summed E-state index contributed by atoms with van der Waals surface area (Å²) >= 11 is 0. The summed E-state index contributed by atoms with van der Waals surface area (Å²) in [4.78, 5) is 22.2. The first-order chi connectivity index (χ1) is 18.9. The van der Waals surface area contributed by atoms with Crippen LogP contribution in [0.2, 0.25) is 0 Å². The molecule has 39 heavy (non-hydrogen) atoms. The SMILES string of the molecule is Cc1nc(-c2ccc(NC(=O)Nc3cccc(F)c3)c3ccccc23)c2c(N)ncc(C3=CCC(N)CC3)n12. The topological polar surface area (TPSA) is 123 Å². The zero-order chi connectivity index (χ0) is 27.1. The molecule has 2 aromatic heterocycles. The van der Waals surface area contributed by atoms with Gasteiger partial charge in [0.25, 0.3) is 0 Å². The highest BCUT2D eigenvalue weighted by Gasteiger charge is 2.22. The highest BCUT2D eigenvalue weighted by atomic mass is 19.1. The molecule has 8 nitrogen and oxygen atoms in total. The molecule has 0 aliphatic heterocycles. The van der Waals surface area contributed by atoms with Crippen LogP contribution in [0.1, 0.15) is 30.8 Å². The largest absolute Gasteiger partial charge is 0.382 e. The van der Waals surface area contributed by atoms with Gasteiger partial charge in [0.15, 0.2) is 0 Å². The van der Waals surface area contributed by atoms with Crippen LogP contribution in [0.3, 0.4) is 0 Å². The standard InChI is InChI=1S/C30H28FN7O/c1-17-35-27(28-29(33)34-16-26(38(17)28)18-9-11-20(32)12-10-18)24-13-14-25(23-8-3-2-7-22(23)24)37-30(39)36-21-6-4-5-19(31)15-21/h2-9,13-16,20H,10-12,32H2,1H3,(H2,33,34)(H2,36,37,39). The van der Waals surface area contributed by atoms with E-state index in [9.17, 15) is 9.18 Å². The fourth-order valence-electron chi connectivity index (χ4n) is 5.28. The Kier molecular flexibility index (Phi) is 6.20. The molecule has 2 amide bonds. The number of carbonyl (C=O) groups excluding carboxylic acids is 1. The van der Waals surface area contributed by atoms with E-state index in [1.165, 1.54) is 23.8 Å². The van der Waals surface area contributed by atoms with Gasteiger partial charge in [0, 0.05) is 22.7 Å². The molecule has 0 saturated carbocycles. The lowest BCUT2D eigenvalue weighted by molar-refractivity contribution is 0.262. The van der Waals surface area contributed by atoms with Crippen molar-refractivity contribution in [2.75, 3.05) is 16.4 Å². The fourth-order valence-corrected chi connectivity index (χ4v) is 5.28. The minimum absolute atomic E-state index is 0.180. The third-order valence-electron chi connectivity index (χ3n) is 7.14. The third kappa shape index (κ3) is 4.57. The number of nitrogens with two attached hydrogens (primary N) is 2. The predicted octanol–water partition coefficient (Wildman–Crippen LogP) is 6.12. The minimum atomic E-state index is -0.472. The molecule has 2 heterocycles. The zero-order valence-corrected chi connectivity index (χ0v) is 21.4. The number of allylic oxidation sites excluding steroid dienone is 1. The summed E-state index contributed by atoms with van der Waals surface area (Å²) in [5.41, 5.74) is 18.0. The number of anilines is 3. The number of fused-ring (bicyclic) bond motifs is 2. The van der Waals surface area contributed by atoms with Crippen LogP contribution in [0, 0.1) is 12.7 Å². The van der Waals surface area contributed by atoms with Gasteiger partial charge in [-0.1, -0.05) is 42.5 Å². The number of nitrogen functional groups attached to an aromatic ring is 1. The molecule has 5 aromatic rings. The summed E-state index contributed by atoms with van der Waals surface area (Å²) in [6.07, 6.45) is 6.62. The van der Waals surface area contributed by atoms with Crippen LogP contribution in [0.25, 0.3) is 33.1 Å². The van der Waals surface area contributed by atoms with Gasteiger partial charge in [0.2, 0.25) is 0 Å². The van der Waals surface area contributed by atoms with E-state index in [2.05, 4.69) is 26.1 Å². The van der Waals surface area contributed by atoms with Gasteiger partial charge in [0.1, 0.15) is 28.7 Å². The van der Waals surface area contributed by atoms with Crippen molar-refractivity contribution in [1.29, 1.82) is 0 Å². The Labute approximate surface area is 224 Å². The number of benzene rings is 3. The minimum Gasteiger partial charge on any atom is -0.382 e. The lowest BCUT2D eigenvalue weighted by atomic mass is 9.94. The van der Waals surface area contributed by atoms with Crippen molar-refractivity contribution in [2.45, 2.75) is 32.2 Å². The second kappa shape index (κ2) is 9.85. The monoisotopic (exact) mass is 521 g/mol. The number of aryl methyl sites for hydroxylation is 1. The summed E-state index contributed by atoms with van der Waals surface area (Å²) in [7, 11) is 0. The van der Waals surface area contributed by atoms with E-state index in [1.54, 1.807) is 6.07 Å². The van der Waals surface area contributed by atoms with E-state index >= 15 is 0 Å². The number of nitrogens with zero attached hydrogens (tertiary/aromatic N) is 3. The number of imidazole rings is 1. The summed E-state index contributed by atoms with van der Waals surface area (Å²) in [5, 5.41) is 7.29. The van der Waals surface area contributed by atoms with Crippen LogP contribution in [0.15, 0.2) is 72.9 Å². The number of nitrogens with one attached hydrogen (secondary N) is 2. The number of amides is 2. The fraction of sp³-hybridized carbons (Fsp3) is 0.167. The molecular weight excluding hydrogens is 493 g/mol. The van der Waals surface area contributed by atoms with Crippen molar-refractivity contribution in [3.63, 3.8) is 0 Å². The molecule has 6 N–H and O–H groups in total. The maximum absolute atomic E-state index is 13.5. The van der Waals surface area contributed by atoms with E-state index in [0.717, 1.165) is 58.3 Å². The maximum Gasteiger partial charge on any atom is 0.323 e.